The van der Waals surface area contributed by atoms with Crippen LogP contribution in [0.4, 0.5) is 4.79 Å². The zero-order valence-corrected chi connectivity index (χ0v) is 21.8. The molecule has 0 saturated carbocycles. The van der Waals surface area contributed by atoms with Gasteiger partial charge in [-0.1, -0.05) is 48.5 Å². The summed E-state index contributed by atoms with van der Waals surface area (Å²) in [5, 5.41) is 2.50. The Labute approximate surface area is 219 Å². The lowest BCUT2D eigenvalue weighted by Crippen LogP contribution is -2.47. The summed E-state index contributed by atoms with van der Waals surface area (Å²) in [6.45, 7) is 6.43. The number of ether oxygens (including phenoxy) is 2. The smallest absolute Gasteiger partial charge is 0.408 e. The lowest BCUT2D eigenvalue weighted by atomic mass is 10.2. The van der Waals surface area contributed by atoms with Crippen LogP contribution in [0.1, 0.15) is 48.7 Å². The molecular formula is C28H31N3O7. The summed E-state index contributed by atoms with van der Waals surface area (Å²) in [5.41, 5.74) is -1.29. The van der Waals surface area contributed by atoms with Crippen molar-refractivity contribution in [2.24, 2.45) is 0 Å². The largest absolute Gasteiger partial charge is 0.459 e. The van der Waals surface area contributed by atoms with Crippen molar-refractivity contribution in [2.75, 3.05) is 0 Å². The molecular weight excluding hydrogens is 490 g/mol. The second-order valence-corrected chi connectivity index (χ2v) is 9.68. The van der Waals surface area contributed by atoms with Gasteiger partial charge in [0.2, 0.25) is 0 Å². The summed E-state index contributed by atoms with van der Waals surface area (Å²) in [4.78, 5) is 64.1. The predicted molar refractivity (Wildman–Crippen MR) is 140 cm³/mol. The minimum atomic E-state index is -1.16. The summed E-state index contributed by atoms with van der Waals surface area (Å²) in [6, 6.07) is 15.8. The molecule has 0 aliphatic rings. The molecule has 2 aromatic carbocycles. The summed E-state index contributed by atoms with van der Waals surface area (Å²) >= 11 is 0. The van der Waals surface area contributed by atoms with Crippen LogP contribution < -0.4 is 16.6 Å². The van der Waals surface area contributed by atoms with E-state index in [9.17, 15) is 24.0 Å². The van der Waals surface area contributed by atoms with Crippen LogP contribution in [0.3, 0.4) is 0 Å². The van der Waals surface area contributed by atoms with Gasteiger partial charge in [0, 0.05) is 23.9 Å². The molecule has 1 N–H and O–H groups in total. The van der Waals surface area contributed by atoms with E-state index in [2.05, 4.69) is 5.32 Å². The number of hydrogen-bond donors (Lipinski definition) is 1. The Morgan fingerprint density at radius 3 is 2.16 bits per heavy atom. The highest BCUT2D eigenvalue weighted by atomic mass is 16.6. The highest BCUT2D eigenvalue weighted by Crippen LogP contribution is 2.09. The first-order valence-corrected chi connectivity index (χ1v) is 12.1. The molecule has 3 rings (SSSR count). The van der Waals surface area contributed by atoms with Crippen molar-refractivity contribution in [1.29, 1.82) is 0 Å². The van der Waals surface area contributed by atoms with Crippen LogP contribution in [0, 0.1) is 6.92 Å². The first kappa shape index (κ1) is 28.1. The van der Waals surface area contributed by atoms with Gasteiger partial charge in [-0.2, -0.15) is 4.57 Å². The van der Waals surface area contributed by atoms with Gasteiger partial charge in [-0.3, -0.25) is 14.2 Å². The molecule has 200 valence electrons. The van der Waals surface area contributed by atoms with Crippen molar-refractivity contribution >= 4 is 18.0 Å². The summed E-state index contributed by atoms with van der Waals surface area (Å²) in [6.07, 6.45) is 0.426. The number of aryl methyl sites for hydroxylation is 2. The van der Waals surface area contributed by atoms with E-state index >= 15 is 0 Å². The monoisotopic (exact) mass is 521 g/mol. The second kappa shape index (κ2) is 12.2. The predicted octanol–water partition coefficient (Wildman–Crippen LogP) is 3.03. The Bertz CT molecular complexity index is 1400. The Morgan fingerprint density at radius 2 is 1.55 bits per heavy atom. The molecule has 10 heteroatoms. The Morgan fingerprint density at radius 1 is 0.947 bits per heavy atom. The molecule has 1 atom stereocenters. The van der Waals surface area contributed by atoms with Crippen LogP contribution in [-0.2, 0) is 27.4 Å². The number of esters is 1. The molecule has 1 amide bonds. The van der Waals surface area contributed by atoms with Crippen LogP contribution in [0.25, 0.3) is 0 Å². The van der Waals surface area contributed by atoms with Gasteiger partial charge in [-0.05, 0) is 51.8 Å². The normalized spacial score (nSPS) is 11.9. The third-order valence-electron chi connectivity index (χ3n) is 5.41. The zero-order valence-electron chi connectivity index (χ0n) is 21.8. The Hall–Kier alpha value is -4.47. The van der Waals surface area contributed by atoms with E-state index in [0.717, 1.165) is 10.1 Å². The molecule has 1 heterocycles. The van der Waals surface area contributed by atoms with Crippen LogP contribution >= 0.6 is 0 Å². The van der Waals surface area contributed by atoms with E-state index in [0.29, 0.717) is 4.57 Å². The van der Waals surface area contributed by atoms with E-state index in [-0.39, 0.29) is 30.7 Å². The van der Waals surface area contributed by atoms with Crippen LogP contribution in [-0.4, -0.2) is 38.7 Å². The van der Waals surface area contributed by atoms with E-state index in [1.165, 1.54) is 25.3 Å². The quantitative estimate of drug-likeness (QED) is 0.452. The third kappa shape index (κ3) is 7.52. The molecule has 0 saturated heterocycles. The first-order valence-electron chi connectivity index (χ1n) is 12.1. The van der Waals surface area contributed by atoms with Crippen molar-refractivity contribution in [3.63, 3.8) is 0 Å². The van der Waals surface area contributed by atoms with Crippen LogP contribution in [0.2, 0.25) is 0 Å². The van der Waals surface area contributed by atoms with Gasteiger partial charge in [0.15, 0.2) is 0 Å². The molecule has 38 heavy (non-hydrogen) atoms. The molecule has 0 bridgehead atoms. The summed E-state index contributed by atoms with van der Waals surface area (Å²) < 4.78 is 12.4. The number of alkyl carbamates (subject to hydrolysis) is 1. The molecule has 1 unspecified atom stereocenters. The standard InChI is InChI=1S/C28H31N3O7/c1-19-17-30(27(36)31(23(19)32)24(33)21-13-9-6-10-14-21)16-15-22(29-26(35)38-28(2,3)4)25(34)37-18-20-11-7-5-8-12-20/h5-14,17,22H,15-16,18H2,1-4H3,(H,29,35). The topological polar surface area (TPSA) is 126 Å². The van der Waals surface area contributed by atoms with Crippen molar-refractivity contribution in [1.82, 2.24) is 14.5 Å². The minimum Gasteiger partial charge on any atom is -0.459 e. The number of nitrogens with zero attached hydrogens (tertiary/aromatic N) is 2. The van der Waals surface area contributed by atoms with E-state index < -0.39 is 40.9 Å². The molecule has 0 spiro atoms. The molecule has 1 aromatic heterocycles. The highest BCUT2D eigenvalue weighted by molar-refractivity contribution is 5.95. The van der Waals surface area contributed by atoms with E-state index in [1.54, 1.807) is 63.2 Å². The fourth-order valence-corrected chi connectivity index (χ4v) is 3.58. The molecule has 3 aromatic rings. The minimum absolute atomic E-state index is 0.0122. The molecule has 0 fully saturated rings. The average Bonchev–Trinajstić information content (AvgIpc) is 2.87. The van der Waals surface area contributed by atoms with Crippen LogP contribution in [0.5, 0.6) is 0 Å². The van der Waals surface area contributed by atoms with Gasteiger partial charge in [-0.15, -0.1) is 0 Å². The third-order valence-corrected chi connectivity index (χ3v) is 5.41. The highest BCUT2D eigenvalue weighted by Gasteiger charge is 2.26. The molecule has 10 nitrogen and oxygen atoms in total. The second-order valence-electron chi connectivity index (χ2n) is 9.68. The summed E-state index contributed by atoms with van der Waals surface area (Å²) in [5.74, 6) is -1.48. The number of carbonyl (C=O) groups excluding carboxylic acids is 3. The van der Waals surface area contributed by atoms with E-state index in [4.69, 9.17) is 9.47 Å². The Kier molecular flexibility index (Phi) is 9.01. The number of carbonyl (C=O) groups is 3. The van der Waals surface area contributed by atoms with Gasteiger partial charge >= 0.3 is 17.8 Å². The fourth-order valence-electron chi connectivity index (χ4n) is 3.58. The first-order chi connectivity index (χ1) is 18.0. The van der Waals surface area contributed by atoms with Crippen molar-refractivity contribution in [2.45, 2.75) is 58.9 Å². The molecule has 0 radical (unpaired) electrons. The van der Waals surface area contributed by atoms with Gasteiger partial charge in [-0.25, -0.2) is 14.4 Å². The van der Waals surface area contributed by atoms with E-state index in [1.807, 2.05) is 6.07 Å². The maximum Gasteiger partial charge on any atom is 0.408 e. The SMILES string of the molecule is Cc1cn(CCC(NC(=O)OC(C)(C)C)C(=O)OCc2ccccc2)c(=O)n(C(=O)c2ccccc2)c1=O. The number of hydrogen-bond acceptors (Lipinski definition) is 7. The fraction of sp³-hybridized carbons (Fsp3) is 0.321. The number of benzene rings is 2. The number of rotatable bonds is 8. The molecule has 0 aliphatic carbocycles. The van der Waals surface area contributed by atoms with Crippen molar-refractivity contribution < 1.29 is 23.9 Å². The average molecular weight is 522 g/mol. The van der Waals surface area contributed by atoms with Gasteiger partial charge in [0.25, 0.3) is 11.5 Å². The zero-order chi connectivity index (χ0) is 27.9. The number of nitrogens with one attached hydrogen (secondary N) is 1. The van der Waals surface area contributed by atoms with Gasteiger partial charge < -0.3 is 14.8 Å². The lowest BCUT2D eigenvalue weighted by molar-refractivity contribution is -0.147. The number of aromatic nitrogens is 2. The lowest BCUT2D eigenvalue weighted by Gasteiger charge is -2.23. The van der Waals surface area contributed by atoms with Crippen molar-refractivity contribution in [3.8, 4) is 0 Å². The molecule has 0 aliphatic heterocycles. The van der Waals surface area contributed by atoms with Crippen molar-refractivity contribution in [3.05, 3.63) is 104 Å². The van der Waals surface area contributed by atoms with Crippen LogP contribution in [0.15, 0.2) is 76.4 Å². The Balaban J connectivity index is 1.84. The number of amides is 1. The van der Waals surface area contributed by atoms with Gasteiger partial charge in [0.05, 0.1) is 0 Å². The maximum absolute atomic E-state index is 13.1. The summed E-state index contributed by atoms with van der Waals surface area (Å²) in [7, 11) is 0. The maximum atomic E-state index is 13.1. The van der Waals surface area contributed by atoms with Gasteiger partial charge in [0.1, 0.15) is 18.2 Å².